The highest BCUT2D eigenvalue weighted by molar-refractivity contribution is 5.79. The van der Waals surface area contributed by atoms with Gasteiger partial charge in [-0.2, -0.15) is 0 Å². The number of ether oxygens (including phenoxy) is 2. The monoisotopic (exact) mass is 363 g/mol. The zero-order valence-corrected chi connectivity index (χ0v) is 16.8. The highest BCUT2D eigenvalue weighted by Crippen LogP contribution is 2.20. The van der Waals surface area contributed by atoms with Crippen LogP contribution in [0.5, 0.6) is 5.75 Å². The molecule has 0 N–H and O–H groups in total. The summed E-state index contributed by atoms with van der Waals surface area (Å²) in [7, 11) is 1.37. The van der Waals surface area contributed by atoms with Crippen LogP contribution in [-0.4, -0.2) is 43.6 Å². The molecule has 0 aliphatic heterocycles. The number of hydrogen-bond acceptors (Lipinski definition) is 4. The van der Waals surface area contributed by atoms with Gasteiger partial charge in [-0.3, -0.25) is 9.59 Å². The molecule has 1 rings (SSSR count). The summed E-state index contributed by atoms with van der Waals surface area (Å²) in [6, 6.07) is 5.81. The molecule has 1 atom stereocenters. The summed E-state index contributed by atoms with van der Waals surface area (Å²) in [5.41, 5.74) is 2.17. The number of unbranched alkanes of at least 4 members (excludes halogenated alkanes) is 3. The fourth-order valence-electron chi connectivity index (χ4n) is 2.76. The molecule has 26 heavy (non-hydrogen) atoms. The Bertz CT molecular complexity index is 585. The van der Waals surface area contributed by atoms with Crippen molar-refractivity contribution in [2.24, 2.45) is 5.92 Å². The molecule has 1 amide bonds. The van der Waals surface area contributed by atoms with Crippen molar-refractivity contribution >= 4 is 11.9 Å². The Kier molecular flexibility index (Phi) is 9.78. The van der Waals surface area contributed by atoms with Gasteiger partial charge in [-0.1, -0.05) is 45.2 Å². The summed E-state index contributed by atoms with van der Waals surface area (Å²) in [6.07, 6.45) is 4.29. The molecule has 146 valence electrons. The molecule has 0 aromatic heterocycles. The Hall–Kier alpha value is -2.04. The van der Waals surface area contributed by atoms with E-state index in [9.17, 15) is 9.59 Å². The lowest BCUT2D eigenvalue weighted by Crippen LogP contribution is -2.40. The smallest absolute Gasteiger partial charge is 0.310 e. The molecule has 0 fully saturated rings. The van der Waals surface area contributed by atoms with Gasteiger partial charge in [-0.05, 0) is 37.5 Å². The highest BCUT2D eigenvalue weighted by atomic mass is 16.5. The van der Waals surface area contributed by atoms with Gasteiger partial charge >= 0.3 is 5.97 Å². The summed E-state index contributed by atoms with van der Waals surface area (Å²) in [5.74, 6) is -0.0221. The second kappa shape index (κ2) is 11.6. The third-order valence-electron chi connectivity index (χ3n) is 4.64. The third-order valence-corrected chi connectivity index (χ3v) is 4.64. The summed E-state index contributed by atoms with van der Waals surface area (Å²) >= 11 is 0. The minimum absolute atomic E-state index is 0.0219. The molecule has 1 unspecified atom stereocenters. The van der Waals surface area contributed by atoms with Gasteiger partial charge in [-0.15, -0.1) is 0 Å². The maximum absolute atomic E-state index is 12.7. The average molecular weight is 363 g/mol. The second-order valence-electron chi connectivity index (χ2n) is 6.81. The molecule has 0 saturated heterocycles. The van der Waals surface area contributed by atoms with Crippen molar-refractivity contribution < 1.29 is 19.1 Å². The van der Waals surface area contributed by atoms with E-state index in [1.807, 2.05) is 32.0 Å². The topological polar surface area (TPSA) is 55.8 Å². The van der Waals surface area contributed by atoms with Crippen LogP contribution in [0.4, 0.5) is 0 Å². The van der Waals surface area contributed by atoms with E-state index in [2.05, 4.69) is 6.92 Å². The van der Waals surface area contributed by atoms with Crippen LogP contribution in [0.15, 0.2) is 18.2 Å². The largest absolute Gasteiger partial charge is 0.483 e. The van der Waals surface area contributed by atoms with Crippen LogP contribution >= 0.6 is 0 Å². The number of amides is 1. The Morgan fingerprint density at radius 3 is 2.54 bits per heavy atom. The third kappa shape index (κ3) is 7.06. The number of carbonyl (C=O) groups excluding carboxylic acids is 2. The molecular formula is C21H33NO4. The summed E-state index contributed by atoms with van der Waals surface area (Å²) in [4.78, 5) is 26.1. The van der Waals surface area contributed by atoms with E-state index in [0.29, 0.717) is 13.1 Å². The minimum Gasteiger partial charge on any atom is -0.483 e. The first-order valence-corrected chi connectivity index (χ1v) is 9.45. The van der Waals surface area contributed by atoms with Crippen molar-refractivity contribution in [1.82, 2.24) is 4.90 Å². The lowest BCUT2D eigenvalue weighted by Gasteiger charge is -2.25. The number of esters is 1. The van der Waals surface area contributed by atoms with Crippen molar-refractivity contribution in [3.05, 3.63) is 29.3 Å². The number of nitrogens with zero attached hydrogens (tertiary/aromatic N) is 1. The zero-order chi connectivity index (χ0) is 19.5. The van der Waals surface area contributed by atoms with Gasteiger partial charge in [0.1, 0.15) is 5.75 Å². The van der Waals surface area contributed by atoms with Gasteiger partial charge < -0.3 is 14.4 Å². The number of methoxy groups -OCH3 is 1. The summed E-state index contributed by atoms with van der Waals surface area (Å²) < 4.78 is 10.5. The molecule has 0 aliphatic rings. The summed E-state index contributed by atoms with van der Waals surface area (Å²) in [5, 5.41) is 0. The van der Waals surface area contributed by atoms with Crippen molar-refractivity contribution in [2.75, 3.05) is 26.8 Å². The molecule has 5 nitrogen and oxygen atoms in total. The van der Waals surface area contributed by atoms with Crippen molar-refractivity contribution in [2.45, 2.75) is 53.4 Å². The molecular weight excluding hydrogens is 330 g/mol. The zero-order valence-electron chi connectivity index (χ0n) is 16.8. The molecule has 0 saturated carbocycles. The van der Waals surface area contributed by atoms with E-state index in [1.54, 1.807) is 11.8 Å². The van der Waals surface area contributed by atoms with E-state index in [4.69, 9.17) is 9.47 Å². The van der Waals surface area contributed by atoms with Gasteiger partial charge in [0.25, 0.3) is 5.91 Å². The van der Waals surface area contributed by atoms with Gasteiger partial charge in [0.05, 0.1) is 13.0 Å². The number of hydrogen-bond donors (Lipinski definition) is 0. The Morgan fingerprint density at radius 2 is 1.88 bits per heavy atom. The van der Waals surface area contributed by atoms with Crippen LogP contribution in [0.3, 0.4) is 0 Å². The molecule has 0 bridgehead atoms. The first-order chi connectivity index (χ1) is 12.4. The lowest BCUT2D eigenvalue weighted by molar-refractivity contribution is -0.146. The van der Waals surface area contributed by atoms with E-state index in [1.165, 1.54) is 7.11 Å². The van der Waals surface area contributed by atoms with Crippen molar-refractivity contribution in [1.29, 1.82) is 0 Å². The number of benzene rings is 1. The van der Waals surface area contributed by atoms with Crippen molar-refractivity contribution in [3.63, 3.8) is 0 Å². The highest BCUT2D eigenvalue weighted by Gasteiger charge is 2.21. The first-order valence-electron chi connectivity index (χ1n) is 9.45. The SMILES string of the molecule is CCCCCCN(CC(C)C(=O)OC)C(=O)COc1cccc(C)c1C. The van der Waals surface area contributed by atoms with Gasteiger partial charge in [0.2, 0.25) is 0 Å². The molecule has 0 aliphatic carbocycles. The van der Waals surface area contributed by atoms with E-state index in [0.717, 1.165) is 42.6 Å². The molecule has 1 aromatic rings. The maximum atomic E-state index is 12.7. The predicted molar refractivity (Wildman–Crippen MR) is 103 cm³/mol. The van der Waals surface area contributed by atoms with Crippen LogP contribution in [0.25, 0.3) is 0 Å². The summed E-state index contributed by atoms with van der Waals surface area (Å²) in [6.45, 7) is 8.90. The van der Waals surface area contributed by atoms with E-state index < -0.39 is 0 Å². The van der Waals surface area contributed by atoms with Crippen LogP contribution in [0.2, 0.25) is 0 Å². The predicted octanol–water partition coefficient (Wildman–Crippen LogP) is 3.90. The Labute approximate surface area is 157 Å². The molecule has 0 heterocycles. The molecule has 0 radical (unpaired) electrons. The Morgan fingerprint density at radius 1 is 1.15 bits per heavy atom. The van der Waals surface area contributed by atoms with E-state index in [-0.39, 0.29) is 24.4 Å². The normalized spacial score (nSPS) is 11.7. The minimum atomic E-state index is -0.351. The van der Waals surface area contributed by atoms with Crippen LogP contribution < -0.4 is 4.74 Å². The van der Waals surface area contributed by atoms with Gasteiger partial charge in [-0.25, -0.2) is 0 Å². The molecule has 0 spiro atoms. The first kappa shape index (κ1) is 22.0. The molecule has 5 heteroatoms. The van der Waals surface area contributed by atoms with Gasteiger partial charge in [0.15, 0.2) is 6.61 Å². The number of aryl methyl sites for hydroxylation is 1. The average Bonchev–Trinajstić information content (AvgIpc) is 2.64. The van der Waals surface area contributed by atoms with Crippen LogP contribution in [0, 0.1) is 19.8 Å². The molecule has 1 aromatic carbocycles. The fourth-order valence-corrected chi connectivity index (χ4v) is 2.76. The number of rotatable bonds is 11. The maximum Gasteiger partial charge on any atom is 0.310 e. The van der Waals surface area contributed by atoms with Crippen LogP contribution in [0.1, 0.15) is 50.7 Å². The Balaban J connectivity index is 2.69. The van der Waals surface area contributed by atoms with E-state index >= 15 is 0 Å². The van der Waals surface area contributed by atoms with Gasteiger partial charge in [0, 0.05) is 13.1 Å². The van der Waals surface area contributed by atoms with Crippen molar-refractivity contribution in [3.8, 4) is 5.75 Å². The number of carbonyl (C=O) groups is 2. The second-order valence-corrected chi connectivity index (χ2v) is 6.81. The standard InChI is InChI=1S/C21H33NO4/c1-6-7-8-9-13-22(14-17(3)21(24)25-5)20(23)15-26-19-12-10-11-16(2)18(19)4/h10-12,17H,6-9,13-15H2,1-5H3. The fraction of sp³-hybridized carbons (Fsp3) is 0.619. The quantitative estimate of drug-likeness (QED) is 0.442. The lowest BCUT2D eigenvalue weighted by atomic mass is 10.1. The van der Waals surface area contributed by atoms with Crippen LogP contribution in [-0.2, 0) is 14.3 Å².